The second-order valence-electron chi connectivity index (χ2n) is 4.52. The zero-order chi connectivity index (χ0) is 13.8. The predicted molar refractivity (Wildman–Crippen MR) is 83.5 cm³/mol. The van der Waals surface area contributed by atoms with Crippen molar-refractivity contribution in [3.05, 3.63) is 59.5 Å². The third-order valence-electron chi connectivity index (χ3n) is 3.16. The standard InChI is InChI=1S/C16H15N3S/c1-17-11-15-16(18-19-20-15)14-9-7-13(8-10-14)12-5-3-2-4-6-12/h2-10,17H,11H2,1H3. The van der Waals surface area contributed by atoms with Crippen LogP contribution in [-0.2, 0) is 6.54 Å². The van der Waals surface area contributed by atoms with Gasteiger partial charge in [-0.05, 0) is 29.7 Å². The van der Waals surface area contributed by atoms with Gasteiger partial charge in [0.05, 0.1) is 4.88 Å². The molecule has 3 rings (SSSR count). The molecule has 4 heteroatoms. The molecule has 1 heterocycles. The molecule has 0 amide bonds. The molecule has 0 unspecified atom stereocenters. The molecule has 0 bridgehead atoms. The van der Waals surface area contributed by atoms with E-state index in [2.05, 4.69) is 63.4 Å². The van der Waals surface area contributed by atoms with Crippen LogP contribution < -0.4 is 5.32 Å². The highest BCUT2D eigenvalue weighted by Crippen LogP contribution is 2.27. The number of nitrogens with zero attached hydrogens (tertiary/aromatic N) is 2. The van der Waals surface area contributed by atoms with Crippen molar-refractivity contribution in [2.24, 2.45) is 0 Å². The fourth-order valence-electron chi connectivity index (χ4n) is 2.16. The minimum Gasteiger partial charge on any atom is -0.315 e. The molecular weight excluding hydrogens is 266 g/mol. The Labute approximate surface area is 122 Å². The number of aromatic nitrogens is 2. The summed E-state index contributed by atoms with van der Waals surface area (Å²) in [6.45, 7) is 0.799. The van der Waals surface area contributed by atoms with Gasteiger partial charge in [0.25, 0.3) is 0 Å². The maximum atomic E-state index is 4.24. The van der Waals surface area contributed by atoms with E-state index >= 15 is 0 Å². The van der Waals surface area contributed by atoms with Crippen LogP contribution in [0.15, 0.2) is 54.6 Å². The van der Waals surface area contributed by atoms with Crippen LogP contribution in [-0.4, -0.2) is 16.6 Å². The van der Waals surface area contributed by atoms with Crippen LogP contribution in [0.1, 0.15) is 4.88 Å². The molecule has 1 N–H and O–H groups in total. The molecule has 3 aromatic rings. The summed E-state index contributed by atoms with van der Waals surface area (Å²) in [5, 5.41) is 7.38. The molecule has 20 heavy (non-hydrogen) atoms. The van der Waals surface area contributed by atoms with Crippen LogP contribution in [0.5, 0.6) is 0 Å². The van der Waals surface area contributed by atoms with E-state index in [1.807, 2.05) is 13.1 Å². The average molecular weight is 281 g/mol. The van der Waals surface area contributed by atoms with Gasteiger partial charge in [0, 0.05) is 12.1 Å². The van der Waals surface area contributed by atoms with Crippen molar-refractivity contribution in [3.8, 4) is 22.4 Å². The minimum atomic E-state index is 0.799. The molecule has 100 valence electrons. The van der Waals surface area contributed by atoms with Crippen LogP contribution in [0, 0.1) is 0 Å². The molecule has 0 aliphatic rings. The predicted octanol–water partition coefficient (Wildman–Crippen LogP) is 3.59. The van der Waals surface area contributed by atoms with Gasteiger partial charge < -0.3 is 5.32 Å². The molecule has 0 aliphatic carbocycles. The summed E-state index contributed by atoms with van der Waals surface area (Å²) in [7, 11) is 1.93. The van der Waals surface area contributed by atoms with Crippen LogP contribution in [0.25, 0.3) is 22.4 Å². The van der Waals surface area contributed by atoms with Gasteiger partial charge in [0.15, 0.2) is 0 Å². The summed E-state index contributed by atoms with van der Waals surface area (Å²) in [6.07, 6.45) is 0. The number of hydrogen-bond acceptors (Lipinski definition) is 4. The fourth-order valence-corrected chi connectivity index (χ4v) is 2.83. The lowest BCUT2D eigenvalue weighted by molar-refractivity contribution is 0.830. The quantitative estimate of drug-likeness (QED) is 0.794. The molecule has 0 aliphatic heterocycles. The lowest BCUT2D eigenvalue weighted by atomic mass is 10.0. The van der Waals surface area contributed by atoms with Gasteiger partial charge in [-0.1, -0.05) is 59.1 Å². The summed E-state index contributed by atoms with van der Waals surface area (Å²) >= 11 is 1.45. The minimum absolute atomic E-state index is 0.799. The lowest BCUT2D eigenvalue weighted by Crippen LogP contribution is -2.04. The van der Waals surface area contributed by atoms with E-state index in [1.54, 1.807) is 0 Å². The number of benzene rings is 2. The monoisotopic (exact) mass is 281 g/mol. The van der Waals surface area contributed by atoms with E-state index in [1.165, 1.54) is 27.5 Å². The highest BCUT2D eigenvalue weighted by atomic mass is 32.1. The van der Waals surface area contributed by atoms with Crippen molar-refractivity contribution in [2.45, 2.75) is 6.54 Å². The third kappa shape index (κ3) is 2.61. The molecule has 2 aromatic carbocycles. The molecule has 0 saturated carbocycles. The zero-order valence-corrected chi connectivity index (χ0v) is 12.0. The van der Waals surface area contributed by atoms with Gasteiger partial charge in [-0.2, -0.15) is 0 Å². The van der Waals surface area contributed by atoms with E-state index < -0.39 is 0 Å². The van der Waals surface area contributed by atoms with Gasteiger partial charge in [-0.15, -0.1) is 5.10 Å². The highest BCUT2D eigenvalue weighted by Gasteiger charge is 2.09. The van der Waals surface area contributed by atoms with Gasteiger partial charge >= 0.3 is 0 Å². The van der Waals surface area contributed by atoms with E-state index in [9.17, 15) is 0 Å². The van der Waals surface area contributed by atoms with E-state index in [4.69, 9.17) is 0 Å². The smallest absolute Gasteiger partial charge is 0.110 e. The van der Waals surface area contributed by atoms with Crippen molar-refractivity contribution in [3.63, 3.8) is 0 Å². The number of nitrogens with one attached hydrogen (secondary N) is 1. The van der Waals surface area contributed by atoms with Gasteiger partial charge in [0.2, 0.25) is 0 Å². The second-order valence-corrected chi connectivity index (χ2v) is 5.36. The topological polar surface area (TPSA) is 37.8 Å². The summed E-state index contributed by atoms with van der Waals surface area (Å²) in [5.41, 5.74) is 4.53. The third-order valence-corrected chi connectivity index (χ3v) is 3.88. The first-order chi connectivity index (χ1) is 9.88. The fraction of sp³-hybridized carbons (Fsp3) is 0.125. The Morgan fingerprint density at radius 3 is 2.25 bits per heavy atom. The Morgan fingerprint density at radius 2 is 1.55 bits per heavy atom. The average Bonchev–Trinajstić information content (AvgIpc) is 2.97. The number of rotatable bonds is 4. The Hall–Kier alpha value is -2.04. The maximum absolute atomic E-state index is 4.24. The lowest BCUT2D eigenvalue weighted by Gasteiger charge is -2.04. The maximum Gasteiger partial charge on any atom is 0.110 e. The molecule has 1 aromatic heterocycles. The van der Waals surface area contributed by atoms with Crippen LogP contribution in [0.4, 0.5) is 0 Å². The normalized spacial score (nSPS) is 10.7. The molecule has 0 atom stereocenters. The Morgan fingerprint density at radius 1 is 0.900 bits per heavy atom. The van der Waals surface area contributed by atoms with E-state index in [0.29, 0.717) is 0 Å². The number of hydrogen-bond donors (Lipinski definition) is 1. The van der Waals surface area contributed by atoms with Gasteiger partial charge in [-0.25, -0.2) is 0 Å². The Kier molecular flexibility index (Phi) is 3.85. The van der Waals surface area contributed by atoms with Crippen molar-refractivity contribution in [1.82, 2.24) is 14.9 Å². The van der Waals surface area contributed by atoms with E-state index in [0.717, 1.165) is 17.8 Å². The Balaban J connectivity index is 1.91. The van der Waals surface area contributed by atoms with Crippen LogP contribution in [0.3, 0.4) is 0 Å². The first-order valence-corrected chi connectivity index (χ1v) is 7.27. The van der Waals surface area contributed by atoms with Crippen LogP contribution in [0.2, 0.25) is 0 Å². The molecule has 0 radical (unpaired) electrons. The summed E-state index contributed by atoms with van der Waals surface area (Å²) in [4.78, 5) is 1.17. The van der Waals surface area contributed by atoms with Crippen molar-refractivity contribution in [2.75, 3.05) is 7.05 Å². The second kappa shape index (κ2) is 5.94. The molecule has 3 nitrogen and oxygen atoms in total. The van der Waals surface area contributed by atoms with Crippen molar-refractivity contribution >= 4 is 11.5 Å². The molecular formula is C16H15N3S. The molecule has 0 saturated heterocycles. The summed E-state index contributed by atoms with van der Waals surface area (Å²) in [5.74, 6) is 0. The highest BCUT2D eigenvalue weighted by molar-refractivity contribution is 7.05. The van der Waals surface area contributed by atoms with Gasteiger partial charge in [0.1, 0.15) is 5.69 Å². The first-order valence-electron chi connectivity index (χ1n) is 6.50. The summed E-state index contributed by atoms with van der Waals surface area (Å²) in [6, 6.07) is 18.9. The zero-order valence-electron chi connectivity index (χ0n) is 11.2. The molecule has 0 spiro atoms. The van der Waals surface area contributed by atoms with Crippen molar-refractivity contribution in [1.29, 1.82) is 0 Å². The van der Waals surface area contributed by atoms with Crippen LogP contribution >= 0.6 is 11.5 Å². The SMILES string of the molecule is CNCc1snnc1-c1ccc(-c2ccccc2)cc1. The van der Waals surface area contributed by atoms with E-state index in [-0.39, 0.29) is 0 Å². The first kappa shape index (κ1) is 13.0. The Bertz CT molecular complexity index is 674. The largest absolute Gasteiger partial charge is 0.315 e. The van der Waals surface area contributed by atoms with Gasteiger partial charge in [-0.3, -0.25) is 0 Å². The van der Waals surface area contributed by atoms with Crippen molar-refractivity contribution < 1.29 is 0 Å². The molecule has 0 fully saturated rings. The summed E-state index contributed by atoms with van der Waals surface area (Å²) < 4.78 is 4.05.